The number of hydrogen-bond donors (Lipinski definition) is 1. The Labute approximate surface area is 123 Å². The van der Waals surface area contributed by atoms with Gasteiger partial charge < -0.3 is 10.6 Å². The van der Waals surface area contributed by atoms with Gasteiger partial charge in [0.15, 0.2) is 0 Å². The van der Waals surface area contributed by atoms with E-state index in [4.69, 9.17) is 5.73 Å². The van der Waals surface area contributed by atoms with Crippen molar-refractivity contribution in [1.29, 1.82) is 0 Å². The zero-order valence-corrected chi connectivity index (χ0v) is 13.4. The first-order valence-corrected chi connectivity index (χ1v) is 7.66. The standard InChI is InChI=1S/C14H22IN3/c1-11(2)10-17-5-7-18(8-6-17)14-4-3-12(15)9-13(14)16/h3-4,9,11H,5-8,10,16H2,1-2H3. The van der Waals surface area contributed by atoms with Crippen LogP contribution in [0.15, 0.2) is 18.2 Å². The van der Waals surface area contributed by atoms with Crippen molar-refractivity contribution in [2.45, 2.75) is 13.8 Å². The Morgan fingerprint density at radius 2 is 1.89 bits per heavy atom. The van der Waals surface area contributed by atoms with E-state index in [1.807, 2.05) is 0 Å². The van der Waals surface area contributed by atoms with E-state index in [0.717, 1.165) is 37.8 Å². The lowest BCUT2D eigenvalue weighted by Crippen LogP contribution is -2.47. The number of halogens is 1. The maximum absolute atomic E-state index is 6.11. The molecule has 1 fully saturated rings. The molecule has 2 rings (SSSR count). The Kier molecular flexibility index (Phi) is 4.72. The second-order valence-electron chi connectivity index (χ2n) is 5.38. The maximum Gasteiger partial charge on any atom is 0.0601 e. The van der Waals surface area contributed by atoms with Crippen LogP contribution in [-0.2, 0) is 0 Å². The highest BCUT2D eigenvalue weighted by molar-refractivity contribution is 14.1. The van der Waals surface area contributed by atoms with Gasteiger partial charge in [-0.25, -0.2) is 0 Å². The molecule has 18 heavy (non-hydrogen) atoms. The fourth-order valence-corrected chi connectivity index (χ4v) is 3.02. The van der Waals surface area contributed by atoms with Gasteiger partial charge in [-0.2, -0.15) is 0 Å². The molecule has 0 bridgehead atoms. The van der Waals surface area contributed by atoms with E-state index in [0.29, 0.717) is 0 Å². The van der Waals surface area contributed by atoms with Crippen LogP contribution in [0.4, 0.5) is 11.4 Å². The third kappa shape index (κ3) is 3.51. The van der Waals surface area contributed by atoms with Crippen molar-refractivity contribution in [3.63, 3.8) is 0 Å². The molecule has 0 spiro atoms. The van der Waals surface area contributed by atoms with E-state index in [-0.39, 0.29) is 0 Å². The fraction of sp³-hybridized carbons (Fsp3) is 0.571. The molecule has 1 saturated heterocycles. The van der Waals surface area contributed by atoms with Crippen molar-refractivity contribution in [2.75, 3.05) is 43.4 Å². The quantitative estimate of drug-likeness (QED) is 0.665. The van der Waals surface area contributed by atoms with Gasteiger partial charge in [0.1, 0.15) is 0 Å². The highest BCUT2D eigenvalue weighted by atomic mass is 127. The highest BCUT2D eigenvalue weighted by Gasteiger charge is 2.18. The van der Waals surface area contributed by atoms with Crippen molar-refractivity contribution >= 4 is 34.0 Å². The van der Waals surface area contributed by atoms with Crippen LogP contribution < -0.4 is 10.6 Å². The lowest BCUT2D eigenvalue weighted by molar-refractivity contribution is 0.231. The van der Waals surface area contributed by atoms with E-state index >= 15 is 0 Å². The Bertz CT molecular complexity index is 398. The van der Waals surface area contributed by atoms with Crippen molar-refractivity contribution in [3.8, 4) is 0 Å². The molecule has 1 heterocycles. The number of anilines is 2. The summed E-state index contributed by atoms with van der Waals surface area (Å²) < 4.78 is 1.20. The van der Waals surface area contributed by atoms with Gasteiger partial charge in [-0.05, 0) is 46.7 Å². The minimum atomic E-state index is 0.750. The molecule has 0 saturated carbocycles. The summed E-state index contributed by atoms with van der Waals surface area (Å²) in [5.74, 6) is 0.750. The number of hydrogen-bond acceptors (Lipinski definition) is 3. The average Bonchev–Trinajstić information content (AvgIpc) is 2.30. The van der Waals surface area contributed by atoms with Gasteiger partial charge in [-0.1, -0.05) is 13.8 Å². The SMILES string of the molecule is CC(C)CN1CCN(c2ccc(I)cc2N)CC1. The molecule has 3 nitrogen and oxygen atoms in total. The molecule has 0 aromatic heterocycles. The van der Waals surface area contributed by atoms with Crippen LogP contribution in [0.3, 0.4) is 0 Å². The van der Waals surface area contributed by atoms with Crippen LogP contribution in [0.1, 0.15) is 13.8 Å². The van der Waals surface area contributed by atoms with Gasteiger partial charge in [0.2, 0.25) is 0 Å². The molecule has 0 unspecified atom stereocenters. The van der Waals surface area contributed by atoms with Crippen LogP contribution in [-0.4, -0.2) is 37.6 Å². The van der Waals surface area contributed by atoms with Gasteiger partial charge in [-0.15, -0.1) is 0 Å². The van der Waals surface area contributed by atoms with E-state index in [1.54, 1.807) is 0 Å². The lowest BCUT2D eigenvalue weighted by atomic mass is 10.1. The molecule has 0 radical (unpaired) electrons. The summed E-state index contributed by atoms with van der Waals surface area (Å²) in [4.78, 5) is 4.95. The maximum atomic E-state index is 6.11. The number of piperazine rings is 1. The molecule has 2 N–H and O–H groups in total. The molecule has 1 aromatic rings. The molecule has 0 amide bonds. The van der Waals surface area contributed by atoms with Crippen LogP contribution in [0.25, 0.3) is 0 Å². The van der Waals surface area contributed by atoms with Gasteiger partial charge in [-0.3, -0.25) is 4.90 Å². The third-order valence-corrected chi connectivity index (χ3v) is 4.00. The van der Waals surface area contributed by atoms with Crippen molar-refractivity contribution < 1.29 is 0 Å². The first kappa shape index (κ1) is 13.9. The summed E-state index contributed by atoms with van der Waals surface area (Å²) in [7, 11) is 0. The molecule has 0 atom stereocenters. The molecular weight excluding hydrogens is 337 g/mol. The predicted molar refractivity (Wildman–Crippen MR) is 87.1 cm³/mol. The van der Waals surface area contributed by atoms with E-state index < -0.39 is 0 Å². The average molecular weight is 359 g/mol. The summed E-state index contributed by atoms with van der Waals surface area (Å²) in [6.45, 7) is 10.2. The lowest BCUT2D eigenvalue weighted by Gasteiger charge is -2.37. The second-order valence-corrected chi connectivity index (χ2v) is 6.63. The van der Waals surface area contributed by atoms with Crippen LogP contribution in [0.2, 0.25) is 0 Å². The fourth-order valence-electron chi connectivity index (χ4n) is 2.50. The summed E-state index contributed by atoms with van der Waals surface area (Å²) in [6.07, 6.45) is 0. The first-order valence-electron chi connectivity index (χ1n) is 6.58. The molecule has 1 aliphatic rings. The number of benzene rings is 1. The molecule has 0 aliphatic carbocycles. The first-order chi connectivity index (χ1) is 8.56. The topological polar surface area (TPSA) is 32.5 Å². The summed E-state index contributed by atoms with van der Waals surface area (Å²) in [5, 5.41) is 0. The summed E-state index contributed by atoms with van der Waals surface area (Å²) in [5.41, 5.74) is 8.20. The molecule has 4 heteroatoms. The van der Waals surface area contributed by atoms with Crippen molar-refractivity contribution in [2.24, 2.45) is 5.92 Å². The predicted octanol–water partition coefficient (Wildman–Crippen LogP) is 2.65. The number of nitrogens with zero attached hydrogens (tertiary/aromatic N) is 2. The Hall–Kier alpha value is -0.490. The van der Waals surface area contributed by atoms with Crippen LogP contribution >= 0.6 is 22.6 Å². The van der Waals surface area contributed by atoms with Crippen molar-refractivity contribution in [3.05, 3.63) is 21.8 Å². The Morgan fingerprint density at radius 1 is 1.22 bits per heavy atom. The summed E-state index contributed by atoms with van der Waals surface area (Å²) in [6, 6.07) is 6.33. The van der Waals surface area contributed by atoms with Crippen LogP contribution in [0, 0.1) is 9.49 Å². The van der Waals surface area contributed by atoms with Crippen LogP contribution in [0.5, 0.6) is 0 Å². The number of nitrogens with two attached hydrogens (primary N) is 1. The monoisotopic (exact) mass is 359 g/mol. The largest absolute Gasteiger partial charge is 0.397 e. The summed E-state index contributed by atoms with van der Waals surface area (Å²) >= 11 is 2.30. The highest BCUT2D eigenvalue weighted by Crippen LogP contribution is 2.26. The minimum Gasteiger partial charge on any atom is -0.397 e. The minimum absolute atomic E-state index is 0.750. The Balaban J connectivity index is 1.97. The van der Waals surface area contributed by atoms with E-state index in [1.165, 1.54) is 15.8 Å². The van der Waals surface area contributed by atoms with Gasteiger partial charge in [0.05, 0.1) is 11.4 Å². The smallest absolute Gasteiger partial charge is 0.0601 e. The Morgan fingerprint density at radius 3 is 2.44 bits per heavy atom. The third-order valence-electron chi connectivity index (χ3n) is 3.33. The van der Waals surface area contributed by atoms with E-state index in [9.17, 15) is 0 Å². The normalized spacial score (nSPS) is 17.4. The van der Waals surface area contributed by atoms with E-state index in [2.05, 4.69) is 64.4 Å². The number of nitrogen functional groups attached to an aromatic ring is 1. The molecule has 100 valence electrons. The zero-order chi connectivity index (χ0) is 13.1. The second kappa shape index (κ2) is 6.10. The van der Waals surface area contributed by atoms with Gasteiger partial charge in [0, 0.05) is 36.3 Å². The zero-order valence-electron chi connectivity index (χ0n) is 11.2. The van der Waals surface area contributed by atoms with Gasteiger partial charge >= 0.3 is 0 Å². The number of rotatable bonds is 3. The molecular formula is C14H22IN3. The van der Waals surface area contributed by atoms with Crippen molar-refractivity contribution in [1.82, 2.24) is 4.90 Å². The van der Waals surface area contributed by atoms with Gasteiger partial charge in [0.25, 0.3) is 0 Å². The molecule has 1 aromatic carbocycles. The molecule has 1 aliphatic heterocycles.